The minimum absolute atomic E-state index is 0.306. The lowest BCUT2D eigenvalue weighted by atomic mass is 10.3. The third-order valence-corrected chi connectivity index (χ3v) is 3.39. The summed E-state index contributed by atoms with van der Waals surface area (Å²) in [7, 11) is 0. The lowest BCUT2D eigenvalue weighted by Gasteiger charge is -2.08. The van der Waals surface area contributed by atoms with Gasteiger partial charge < -0.3 is 16.4 Å². The quantitative estimate of drug-likeness (QED) is 0.444. The van der Waals surface area contributed by atoms with Gasteiger partial charge in [0, 0.05) is 12.6 Å². The Kier molecular flexibility index (Phi) is 4.57. The predicted molar refractivity (Wildman–Crippen MR) is 82.9 cm³/mol. The fourth-order valence-electron chi connectivity index (χ4n) is 1.63. The first-order valence-electron chi connectivity index (χ1n) is 6.31. The molecule has 0 bridgehead atoms. The highest BCUT2D eigenvalue weighted by Crippen LogP contribution is 2.24. The first-order chi connectivity index (χ1) is 9.15. The Morgan fingerprint density at radius 2 is 2.21 bits per heavy atom. The molecule has 19 heavy (non-hydrogen) atoms. The predicted octanol–water partition coefficient (Wildman–Crippen LogP) is 2.02. The Bertz CT molecular complexity index is 528. The van der Waals surface area contributed by atoms with E-state index in [0.29, 0.717) is 18.5 Å². The summed E-state index contributed by atoms with van der Waals surface area (Å²) >= 11 is 1.65. The third-order valence-electron chi connectivity index (χ3n) is 2.40. The molecule has 0 aliphatic rings. The summed E-state index contributed by atoms with van der Waals surface area (Å²) in [5.41, 5.74) is 6.74. The largest absolute Gasteiger partial charge is 0.370 e. The average Bonchev–Trinajstić information content (AvgIpc) is 2.76. The molecule has 0 aliphatic carbocycles. The van der Waals surface area contributed by atoms with Crippen molar-refractivity contribution in [2.24, 2.45) is 10.7 Å². The standard InChI is InChI=1S/C13H19N5S/c1-9(2)17-12(14)15-7-8-16-13-18-10-5-3-4-6-11(10)19-13/h3-6,9H,7-8H2,1-2H3,(H,16,18)(H3,14,15,17). The lowest BCUT2D eigenvalue weighted by Crippen LogP contribution is -2.37. The number of fused-ring (bicyclic) bond motifs is 1. The molecule has 4 N–H and O–H groups in total. The maximum atomic E-state index is 5.71. The van der Waals surface area contributed by atoms with E-state index in [1.165, 1.54) is 4.70 Å². The maximum absolute atomic E-state index is 5.71. The number of nitrogens with two attached hydrogens (primary N) is 1. The number of nitrogens with zero attached hydrogens (tertiary/aromatic N) is 2. The van der Waals surface area contributed by atoms with Gasteiger partial charge >= 0.3 is 0 Å². The summed E-state index contributed by atoms with van der Waals surface area (Å²) in [4.78, 5) is 8.72. The Morgan fingerprint density at radius 1 is 1.42 bits per heavy atom. The van der Waals surface area contributed by atoms with Gasteiger partial charge in [-0.05, 0) is 26.0 Å². The molecule has 2 aromatic rings. The molecule has 0 radical (unpaired) electrons. The van der Waals surface area contributed by atoms with E-state index in [9.17, 15) is 0 Å². The molecule has 1 aromatic carbocycles. The zero-order chi connectivity index (χ0) is 13.7. The van der Waals surface area contributed by atoms with Crippen LogP contribution in [0.25, 0.3) is 10.2 Å². The van der Waals surface area contributed by atoms with Crippen LogP contribution in [0.4, 0.5) is 5.13 Å². The zero-order valence-corrected chi connectivity index (χ0v) is 12.0. The molecule has 0 unspecified atom stereocenters. The van der Waals surface area contributed by atoms with Crippen molar-refractivity contribution >= 4 is 32.6 Å². The second-order valence-corrected chi connectivity index (χ2v) is 5.51. The number of rotatable bonds is 5. The van der Waals surface area contributed by atoms with Crippen molar-refractivity contribution < 1.29 is 0 Å². The van der Waals surface area contributed by atoms with E-state index in [1.54, 1.807) is 11.3 Å². The van der Waals surface area contributed by atoms with Crippen LogP contribution in [-0.4, -0.2) is 30.1 Å². The van der Waals surface area contributed by atoms with Gasteiger partial charge in [-0.2, -0.15) is 0 Å². The number of hydrogen-bond donors (Lipinski definition) is 3. The van der Waals surface area contributed by atoms with E-state index in [0.717, 1.165) is 17.2 Å². The van der Waals surface area contributed by atoms with Crippen molar-refractivity contribution in [3.63, 3.8) is 0 Å². The number of aromatic nitrogens is 1. The first kappa shape index (κ1) is 13.6. The number of aliphatic imine (C=N–C) groups is 1. The molecule has 0 fully saturated rings. The van der Waals surface area contributed by atoms with E-state index >= 15 is 0 Å². The van der Waals surface area contributed by atoms with Gasteiger partial charge in [-0.15, -0.1) is 0 Å². The monoisotopic (exact) mass is 277 g/mol. The van der Waals surface area contributed by atoms with Crippen LogP contribution in [0.15, 0.2) is 29.3 Å². The Hall–Kier alpha value is -1.82. The van der Waals surface area contributed by atoms with Crippen LogP contribution >= 0.6 is 11.3 Å². The molecule has 2 rings (SSSR count). The van der Waals surface area contributed by atoms with Crippen LogP contribution in [0.2, 0.25) is 0 Å². The van der Waals surface area contributed by atoms with Crippen LogP contribution in [-0.2, 0) is 0 Å². The van der Waals surface area contributed by atoms with Crippen molar-refractivity contribution in [2.45, 2.75) is 19.9 Å². The van der Waals surface area contributed by atoms with Gasteiger partial charge in [0.2, 0.25) is 0 Å². The second kappa shape index (κ2) is 6.38. The molecule has 0 aliphatic heterocycles. The van der Waals surface area contributed by atoms with E-state index in [1.807, 2.05) is 32.0 Å². The zero-order valence-electron chi connectivity index (χ0n) is 11.2. The van der Waals surface area contributed by atoms with Gasteiger partial charge in [-0.1, -0.05) is 23.5 Å². The molecule has 1 heterocycles. The van der Waals surface area contributed by atoms with Crippen molar-refractivity contribution in [1.29, 1.82) is 0 Å². The van der Waals surface area contributed by atoms with E-state index < -0.39 is 0 Å². The summed E-state index contributed by atoms with van der Waals surface area (Å²) < 4.78 is 1.19. The number of anilines is 1. The smallest absolute Gasteiger partial charge is 0.188 e. The van der Waals surface area contributed by atoms with Crippen LogP contribution in [0, 0.1) is 0 Å². The fraction of sp³-hybridized carbons (Fsp3) is 0.385. The van der Waals surface area contributed by atoms with Crippen molar-refractivity contribution in [3.8, 4) is 0 Å². The van der Waals surface area contributed by atoms with E-state index in [2.05, 4.69) is 26.7 Å². The van der Waals surface area contributed by atoms with Crippen LogP contribution in [0.5, 0.6) is 0 Å². The minimum atomic E-state index is 0.306. The highest BCUT2D eigenvalue weighted by molar-refractivity contribution is 7.22. The topological polar surface area (TPSA) is 75.3 Å². The van der Waals surface area contributed by atoms with Gasteiger partial charge in [0.1, 0.15) is 0 Å². The van der Waals surface area contributed by atoms with Crippen molar-refractivity contribution in [2.75, 3.05) is 18.4 Å². The Balaban J connectivity index is 1.82. The summed E-state index contributed by atoms with van der Waals surface area (Å²) in [6, 6.07) is 8.41. The van der Waals surface area contributed by atoms with Crippen molar-refractivity contribution in [3.05, 3.63) is 24.3 Å². The summed E-state index contributed by atoms with van der Waals surface area (Å²) in [6.45, 7) is 5.41. The molecule has 0 saturated carbocycles. The third kappa shape index (κ3) is 4.10. The van der Waals surface area contributed by atoms with Crippen LogP contribution < -0.4 is 16.4 Å². The van der Waals surface area contributed by atoms with Gasteiger partial charge in [-0.25, -0.2) is 4.98 Å². The number of guanidine groups is 1. The average molecular weight is 277 g/mol. The second-order valence-electron chi connectivity index (χ2n) is 4.48. The molecule has 102 valence electrons. The summed E-state index contributed by atoms with van der Waals surface area (Å²) in [6.07, 6.45) is 0. The molecular weight excluding hydrogens is 258 g/mol. The normalized spacial score (nSPS) is 12.1. The SMILES string of the molecule is CC(C)NC(N)=NCCNc1nc2ccccc2s1. The highest BCUT2D eigenvalue weighted by atomic mass is 32.1. The van der Waals surface area contributed by atoms with Crippen LogP contribution in [0.1, 0.15) is 13.8 Å². The molecule has 0 saturated heterocycles. The van der Waals surface area contributed by atoms with Gasteiger partial charge in [0.25, 0.3) is 0 Å². The Morgan fingerprint density at radius 3 is 2.95 bits per heavy atom. The number of para-hydroxylation sites is 1. The van der Waals surface area contributed by atoms with Crippen molar-refractivity contribution in [1.82, 2.24) is 10.3 Å². The minimum Gasteiger partial charge on any atom is -0.370 e. The molecule has 1 aromatic heterocycles. The molecule has 0 spiro atoms. The van der Waals surface area contributed by atoms with E-state index in [4.69, 9.17) is 5.73 Å². The number of nitrogens with one attached hydrogen (secondary N) is 2. The number of thiazole rings is 1. The van der Waals surface area contributed by atoms with Gasteiger partial charge in [-0.3, -0.25) is 4.99 Å². The lowest BCUT2D eigenvalue weighted by molar-refractivity contribution is 0.724. The maximum Gasteiger partial charge on any atom is 0.188 e. The fourth-order valence-corrected chi connectivity index (χ4v) is 2.52. The first-order valence-corrected chi connectivity index (χ1v) is 7.12. The molecule has 5 nitrogen and oxygen atoms in total. The molecule has 6 heteroatoms. The summed E-state index contributed by atoms with van der Waals surface area (Å²) in [5, 5.41) is 7.23. The van der Waals surface area contributed by atoms with E-state index in [-0.39, 0.29) is 0 Å². The van der Waals surface area contributed by atoms with Gasteiger partial charge in [0.05, 0.1) is 16.8 Å². The Labute approximate surface area is 116 Å². The highest BCUT2D eigenvalue weighted by Gasteiger charge is 2.01. The number of benzene rings is 1. The summed E-state index contributed by atoms with van der Waals surface area (Å²) in [5.74, 6) is 0.487. The molecule has 0 atom stereocenters. The molecular formula is C13H19N5S. The van der Waals surface area contributed by atoms with Gasteiger partial charge in [0.15, 0.2) is 11.1 Å². The van der Waals surface area contributed by atoms with Crippen LogP contribution in [0.3, 0.4) is 0 Å². The molecule has 0 amide bonds. The number of hydrogen-bond acceptors (Lipinski definition) is 4.